The first-order chi connectivity index (χ1) is 17.1. The van der Waals surface area contributed by atoms with Crippen molar-refractivity contribution in [2.45, 2.75) is 38.1 Å². The van der Waals surface area contributed by atoms with Gasteiger partial charge in [-0.25, -0.2) is 4.98 Å². The SMILES string of the molecule is CN1C(=O)/C(=C2\S/C(=N/c3nc(-c4ccccc4)cs3)N(C3CCCCC3)C2=O)c2ccccc21. The monoisotopic (exact) mass is 500 g/mol. The average Bonchev–Trinajstić information content (AvgIpc) is 3.56. The number of aromatic nitrogens is 1. The van der Waals surface area contributed by atoms with Crippen LogP contribution in [0.25, 0.3) is 16.8 Å². The van der Waals surface area contributed by atoms with Gasteiger partial charge in [0.15, 0.2) is 5.17 Å². The molecular formula is C27H24N4O2S2. The Kier molecular flexibility index (Phi) is 5.78. The number of anilines is 1. The molecule has 1 aromatic heterocycles. The summed E-state index contributed by atoms with van der Waals surface area (Å²) in [6.07, 6.45) is 5.28. The maximum Gasteiger partial charge on any atom is 0.267 e. The van der Waals surface area contributed by atoms with Gasteiger partial charge >= 0.3 is 0 Å². The van der Waals surface area contributed by atoms with E-state index in [2.05, 4.69) is 0 Å². The van der Waals surface area contributed by atoms with Gasteiger partial charge in [-0.05, 0) is 30.7 Å². The summed E-state index contributed by atoms with van der Waals surface area (Å²) >= 11 is 2.78. The number of thiazole rings is 1. The Labute approximate surface area is 212 Å². The van der Waals surface area contributed by atoms with E-state index in [1.807, 2.05) is 64.9 Å². The van der Waals surface area contributed by atoms with Gasteiger partial charge in [-0.2, -0.15) is 4.99 Å². The maximum atomic E-state index is 13.9. The van der Waals surface area contributed by atoms with Crippen LogP contribution < -0.4 is 4.90 Å². The Bertz CT molecular complexity index is 1370. The molecule has 3 heterocycles. The molecule has 1 saturated carbocycles. The number of nitrogens with zero attached hydrogens (tertiary/aromatic N) is 4. The van der Waals surface area contributed by atoms with E-state index in [9.17, 15) is 9.59 Å². The molecule has 6 nitrogen and oxygen atoms in total. The fourth-order valence-corrected chi connectivity index (χ4v) is 6.89. The van der Waals surface area contributed by atoms with E-state index in [0.717, 1.165) is 48.2 Å². The lowest BCUT2D eigenvalue weighted by atomic mass is 9.94. The van der Waals surface area contributed by atoms with Gasteiger partial charge in [0.2, 0.25) is 5.13 Å². The molecule has 2 fully saturated rings. The third-order valence-electron chi connectivity index (χ3n) is 6.79. The van der Waals surface area contributed by atoms with Crippen molar-refractivity contribution in [2.24, 2.45) is 4.99 Å². The Balaban J connectivity index is 1.43. The number of carbonyl (C=O) groups is 2. The highest BCUT2D eigenvalue weighted by Gasteiger charge is 2.44. The van der Waals surface area contributed by atoms with Gasteiger partial charge in [-0.3, -0.25) is 14.5 Å². The van der Waals surface area contributed by atoms with Crippen LogP contribution in [0.1, 0.15) is 37.7 Å². The molecule has 1 saturated heterocycles. The van der Waals surface area contributed by atoms with Crippen LogP contribution in [0.3, 0.4) is 0 Å². The number of hydrogen-bond donors (Lipinski definition) is 0. The van der Waals surface area contributed by atoms with E-state index in [1.165, 1.54) is 29.5 Å². The van der Waals surface area contributed by atoms with E-state index in [0.29, 0.717) is 20.8 Å². The summed E-state index contributed by atoms with van der Waals surface area (Å²) < 4.78 is 0. The van der Waals surface area contributed by atoms with Gasteiger partial charge in [-0.15, -0.1) is 11.3 Å². The van der Waals surface area contributed by atoms with Gasteiger partial charge < -0.3 is 4.90 Å². The lowest BCUT2D eigenvalue weighted by Gasteiger charge is -2.30. The number of amides is 2. The normalized spacial score (nSPS) is 21.9. The molecule has 1 aliphatic carbocycles. The minimum Gasteiger partial charge on any atom is -0.311 e. The molecular weight excluding hydrogens is 476 g/mol. The zero-order chi connectivity index (χ0) is 23.9. The maximum absolute atomic E-state index is 13.9. The Morgan fingerprint density at radius 2 is 1.69 bits per heavy atom. The molecule has 0 N–H and O–H groups in total. The molecule has 0 unspecified atom stereocenters. The summed E-state index contributed by atoms with van der Waals surface area (Å²) in [5.41, 5.74) is 4.02. The van der Waals surface area contributed by atoms with Gasteiger partial charge in [0.1, 0.15) is 0 Å². The lowest BCUT2D eigenvalue weighted by Crippen LogP contribution is -2.40. The Morgan fingerprint density at radius 1 is 0.943 bits per heavy atom. The smallest absolute Gasteiger partial charge is 0.267 e. The van der Waals surface area contributed by atoms with Crippen molar-refractivity contribution < 1.29 is 9.59 Å². The standard InChI is InChI=1S/C27H24N4O2S2/c1-30-21-15-9-8-14-19(21)22(24(30)32)23-25(33)31(18-12-6-3-7-13-18)27(35-23)29-26-28-20(16-34-26)17-10-4-2-5-11-17/h2,4-5,8-11,14-16,18H,3,6-7,12-13H2,1H3/b23-22-,29-27+. The highest BCUT2D eigenvalue weighted by molar-refractivity contribution is 8.18. The van der Waals surface area contributed by atoms with E-state index in [-0.39, 0.29) is 17.9 Å². The van der Waals surface area contributed by atoms with Crippen LogP contribution in [0.4, 0.5) is 10.8 Å². The molecule has 8 heteroatoms. The van der Waals surface area contributed by atoms with Crippen molar-refractivity contribution in [1.82, 2.24) is 9.88 Å². The van der Waals surface area contributed by atoms with E-state index < -0.39 is 0 Å². The van der Waals surface area contributed by atoms with Crippen molar-refractivity contribution in [3.63, 3.8) is 0 Å². The highest BCUT2D eigenvalue weighted by atomic mass is 32.2. The topological polar surface area (TPSA) is 65.9 Å². The number of para-hydroxylation sites is 1. The summed E-state index contributed by atoms with van der Waals surface area (Å²) in [6.45, 7) is 0. The molecule has 35 heavy (non-hydrogen) atoms. The van der Waals surface area contributed by atoms with E-state index in [4.69, 9.17) is 9.98 Å². The first-order valence-corrected chi connectivity index (χ1v) is 13.5. The highest BCUT2D eigenvalue weighted by Crippen LogP contribution is 2.46. The fourth-order valence-electron chi connectivity index (χ4n) is 5.00. The zero-order valence-electron chi connectivity index (χ0n) is 19.3. The second-order valence-electron chi connectivity index (χ2n) is 8.93. The molecule has 3 aromatic rings. The predicted molar refractivity (Wildman–Crippen MR) is 143 cm³/mol. The molecule has 0 bridgehead atoms. The van der Waals surface area contributed by atoms with Gasteiger partial charge in [0, 0.05) is 29.6 Å². The zero-order valence-corrected chi connectivity index (χ0v) is 20.9. The minimum absolute atomic E-state index is 0.0960. The lowest BCUT2D eigenvalue weighted by molar-refractivity contribution is -0.124. The summed E-state index contributed by atoms with van der Waals surface area (Å²) in [7, 11) is 1.76. The van der Waals surface area contributed by atoms with Gasteiger partial charge in [0.05, 0.1) is 21.9 Å². The fraction of sp³-hybridized carbons (Fsp3) is 0.259. The molecule has 176 valence electrons. The number of amidine groups is 1. The van der Waals surface area contributed by atoms with Crippen molar-refractivity contribution in [3.05, 3.63) is 70.4 Å². The second-order valence-corrected chi connectivity index (χ2v) is 10.7. The van der Waals surface area contributed by atoms with Crippen LogP contribution in [-0.4, -0.2) is 40.0 Å². The molecule has 3 aliphatic rings. The van der Waals surface area contributed by atoms with Crippen molar-refractivity contribution in [3.8, 4) is 11.3 Å². The molecule has 2 aromatic carbocycles. The van der Waals surface area contributed by atoms with Gasteiger partial charge in [0.25, 0.3) is 11.8 Å². The summed E-state index contributed by atoms with van der Waals surface area (Å²) in [6, 6.07) is 17.8. The van der Waals surface area contributed by atoms with Crippen LogP contribution in [0.2, 0.25) is 0 Å². The third-order valence-corrected chi connectivity index (χ3v) is 8.57. The third kappa shape index (κ3) is 3.90. The summed E-state index contributed by atoms with van der Waals surface area (Å²) in [5, 5.41) is 3.23. The van der Waals surface area contributed by atoms with Crippen LogP contribution in [0.5, 0.6) is 0 Å². The molecule has 2 aliphatic heterocycles. The van der Waals surface area contributed by atoms with Gasteiger partial charge in [-0.1, -0.05) is 67.8 Å². The number of benzene rings is 2. The molecule has 2 amide bonds. The van der Waals surface area contributed by atoms with Crippen LogP contribution in [0, 0.1) is 0 Å². The molecule has 0 atom stereocenters. The number of thioether (sulfide) groups is 1. The van der Waals surface area contributed by atoms with E-state index >= 15 is 0 Å². The number of fused-ring (bicyclic) bond motifs is 1. The summed E-state index contributed by atoms with van der Waals surface area (Å²) in [4.78, 5) is 40.6. The number of aliphatic imine (C=N–C) groups is 1. The quantitative estimate of drug-likeness (QED) is 0.408. The molecule has 6 rings (SSSR count). The average molecular weight is 501 g/mol. The largest absolute Gasteiger partial charge is 0.311 e. The van der Waals surface area contributed by atoms with Crippen molar-refractivity contribution in [1.29, 1.82) is 0 Å². The van der Waals surface area contributed by atoms with Crippen LogP contribution >= 0.6 is 23.1 Å². The number of hydrogen-bond acceptors (Lipinski definition) is 6. The first kappa shape index (κ1) is 22.2. The van der Waals surface area contributed by atoms with Crippen molar-refractivity contribution >= 4 is 56.5 Å². The van der Waals surface area contributed by atoms with Crippen LogP contribution in [0.15, 0.2) is 69.9 Å². The first-order valence-electron chi connectivity index (χ1n) is 11.8. The Hall–Kier alpha value is -3.23. The van der Waals surface area contributed by atoms with Crippen LogP contribution in [-0.2, 0) is 9.59 Å². The second kappa shape index (κ2) is 9.09. The Morgan fingerprint density at radius 3 is 2.49 bits per heavy atom. The number of likely N-dealkylation sites (N-methyl/N-ethyl adjacent to an activating group) is 1. The predicted octanol–water partition coefficient (Wildman–Crippen LogP) is 6.09. The number of carbonyl (C=O) groups excluding carboxylic acids is 2. The van der Waals surface area contributed by atoms with Crippen molar-refractivity contribution in [2.75, 3.05) is 11.9 Å². The minimum atomic E-state index is -0.146. The number of rotatable bonds is 3. The van der Waals surface area contributed by atoms with E-state index in [1.54, 1.807) is 11.9 Å². The molecule has 0 spiro atoms. The molecule has 0 radical (unpaired) electrons. The summed E-state index contributed by atoms with van der Waals surface area (Å²) in [5.74, 6) is -0.263.